The lowest BCUT2D eigenvalue weighted by Gasteiger charge is -2.44. The molecule has 2 aliphatic rings. The Morgan fingerprint density at radius 3 is 2.70 bits per heavy atom. The molecule has 0 aliphatic carbocycles. The van der Waals surface area contributed by atoms with E-state index in [-0.39, 0.29) is 23.6 Å². The zero-order valence-electron chi connectivity index (χ0n) is 12.6. The van der Waals surface area contributed by atoms with Crippen molar-refractivity contribution in [2.24, 2.45) is 5.92 Å². The summed E-state index contributed by atoms with van der Waals surface area (Å²) in [5, 5.41) is 21.7. The molecule has 1 aromatic rings. The highest BCUT2D eigenvalue weighted by Gasteiger charge is 2.56. The molecule has 0 bridgehead atoms. The molecule has 3 heterocycles. The molecular weight excluding hydrogens is 320 g/mol. The van der Waals surface area contributed by atoms with E-state index < -0.39 is 18.0 Å². The fourth-order valence-corrected chi connectivity index (χ4v) is 4.24. The molecule has 1 fully saturated rings. The number of aliphatic hydroxyl groups is 1. The summed E-state index contributed by atoms with van der Waals surface area (Å²) in [4.78, 5) is 37.8. The van der Waals surface area contributed by atoms with Crippen LogP contribution in [0.15, 0.2) is 17.8 Å². The number of aliphatic hydroxyl groups excluding tert-OH is 1. The molecule has 23 heavy (non-hydrogen) atoms. The van der Waals surface area contributed by atoms with Gasteiger partial charge in [0.2, 0.25) is 5.91 Å². The van der Waals surface area contributed by atoms with Gasteiger partial charge in [0, 0.05) is 17.5 Å². The Labute approximate surface area is 136 Å². The minimum Gasteiger partial charge on any atom is -0.477 e. The van der Waals surface area contributed by atoms with E-state index in [1.165, 1.54) is 30.2 Å². The Balaban J connectivity index is 1.98. The van der Waals surface area contributed by atoms with Crippen molar-refractivity contribution in [1.82, 2.24) is 10.2 Å². The van der Waals surface area contributed by atoms with Crippen LogP contribution in [0.25, 0.3) is 5.57 Å². The molecule has 1 saturated heterocycles. The van der Waals surface area contributed by atoms with Gasteiger partial charge in [-0.25, -0.2) is 4.79 Å². The third kappa shape index (κ3) is 2.25. The molecule has 0 saturated carbocycles. The van der Waals surface area contributed by atoms with Crippen LogP contribution in [0.1, 0.15) is 27.9 Å². The van der Waals surface area contributed by atoms with Crippen LogP contribution in [0.2, 0.25) is 0 Å². The van der Waals surface area contributed by atoms with E-state index in [1.54, 1.807) is 12.1 Å². The van der Waals surface area contributed by atoms with Crippen LogP contribution in [-0.2, 0) is 9.59 Å². The Kier molecular flexibility index (Phi) is 3.73. The number of carbonyl (C=O) groups excluding carboxylic acids is 2. The number of hydrogen-bond acceptors (Lipinski definition) is 5. The molecule has 0 spiro atoms. The standard InChI is InChI=1S/C15H16N2O5S/c1-6(18)11-8-5-7(12(15(21)22)17(8)14(11)20)9-3-4-10(23-9)13(19)16-2/h3-4,6,8,11,18H,5H2,1-2H3,(H,16,19)(H,21,22). The number of aliphatic carboxylic acids is 1. The second-order valence-corrected chi connectivity index (χ2v) is 6.71. The number of carboxylic acids is 1. The minimum absolute atomic E-state index is 0.0396. The van der Waals surface area contributed by atoms with Crippen molar-refractivity contribution in [3.05, 3.63) is 27.6 Å². The number of β-lactam (4-membered cyclic amide) rings is 1. The number of carboxylic acid groups (broad SMARTS) is 1. The van der Waals surface area contributed by atoms with E-state index in [4.69, 9.17) is 0 Å². The summed E-state index contributed by atoms with van der Waals surface area (Å²) in [6.45, 7) is 1.53. The lowest BCUT2D eigenvalue weighted by atomic mass is 9.83. The second kappa shape index (κ2) is 5.47. The van der Waals surface area contributed by atoms with E-state index in [0.717, 1.165) is 0 Å². The first-order chi connectivity index (χ1) is 10.9. The smallest absolute Gasteiger partial charge is 0.352 e. The fourth-order valence-electron chi connectivity index (χ4n) is 3.24. The van der Waals surface area contributed by atoms with Crippen LogP contribution in [-0.4, -0.2) is 52.1 Å². The average Bonchev–Trinajstić information content (AvgIpc) is 3.08. The normalized spacial score (nSPS) is 24.3. The summed E-state index contributed by atoms with van der Waals surface area (Å²) in [6, 6.07) is 3.00. The minimum atomic E-state index is -1.17. The number of fused-ring (bicyclic) bond motifs is 1. The van der Waals surface area contributed by atoms with E-state index in [2.05, 4.69) is 5.32 Å². The molecular formula is C15H16N2O5S. The van der Waals surface area contributed by atoms with Crippen LogP contribution in [0.4, 0.5) is 0 Å². The predicted octanol–water partition coefficient (Wildman–Crippen LogP) is 0.515. The predicted molar refractivity (Wildman–Crippen MR) is 82.7 cm³/mol. The molecule has 0 radical (unpaired) electrons. The molecule has 2 amide bonds. The second-order valence-electron chi connectivity index (χ2n) is 5.62. The largest absolute Gasteiger partial charge is 0.477 e. The highest BCUT2D eigenvalue weighted by molar-refractivity contribution is 7.15. The number of rotatable bonds is 4. The average molecular weight is 336 g/mol. The van der Waals surface area contributed by atoms with E-state index in [1.807, 2.05) is 0 Å². The highest BCUT2D eigenvalue weighted by atomic mass is 32.1. The van der Waals surface area contributed by atoms with Crippen LogP contribution in [0.3, 0.4) is 0 Å². The van der Waals surface area contributed by atoms with Gasteiger partial charge < -0.3 is 20.4 Å². The van der Waals surface area contributed by atoms with Crippen molar-refractivity contribution in [2.45, 2.75) is 25.5 Å². The van der Waals surface area contributed by atoms with E-state index in [0.29, 0.717) is 21.7 Å². The SMILES string of the molecule is CNC(=O)c1ccc(C2=C(C(=O)O)N3C(=O)C(C(C)O)C3C2)s1. The van der Waals surface area contributed by atoms with Gasteiger partial charge in [-0.05, 0) is 25.5 Å². The van der Waals surface area contributed by atoms with Crippen LogP contribution in [0, 0.1) is 5.92 Å². The third-order valence-corrected chi connectivity index (χ3v) is 5.43. The Morgan fingerprint density at radius 2 is 2.13 bits per heavy atom. The molecule has 7 nitrogen and oxygen atoms in total. The van der Waals surface area contributed by atoms with Gasteiger partial charge in [-0.3, -0.25) is 9.59 Å². The van der Waals surface area contributed by atoms with Crippen molar-refractivity contribution in [2.75, 3.05) is 7.05 Å². The Bertz CT molecular complexity index is 736. The molecule has 3 rings (SSSR count). The lowest BCUT2D eigenvalue weighted by molar-refractivity contribution is -0.161. The third-order valence-electron chi connectivity index (χ3n) is 4.29. The molecule has 2 aliphatic heterocycles. The summed E-state index contributed by atoms with van der Waals surface area (Å²) >= 11 is 1.19. The van der Waals surface area contributed by atoms with Gasteiger partial charge in [0.15, 0.2) is 0 Å². The summed E-state index contributed by atoms with van der Waals surface area (Å²) in [5.41, 5.74) is 0.501. The van der Waals surface area contributed by atoms with Gasteiger partial charge in [0.1, 0.15) is 5.70 Å². The summed E-state index contributed by atoms with van der Waals surface area (Å²) in [6.07, 6.45) is -0.445. The summed E-state index contributed by atoms with van der Waals surface area (Å²) in [7, 11) is 1.52. The fraction of sp³-hybridized carbons (Fsp3) is 0.400. The maximum absolute atomic E-state index is 12.1. The number of nitrogens with zero attached hydrogens (tertiary/aromatic N) is 1. The molecule has 3 atom stereocenters. The zero-order chi connectivity index (χ0) is 16.9. The molecule has 122 valence electrons. The van der Waals surface area contributed by atoms with Crippen molar-refractivity contribution in [1.29, 1.82) is 0 Å². The van der Waals surface area contributed by atoms with Crippen LogP contribution in [0.5, 0.6) is 0 Å². The summed E-state index contributed by atoms with van der Waals surface area (Å²) in [5.74, 6) is -2.34. The van der Waals surface area contributed by atoms with Gasteiger partial charge in [-0.1, -0.05) is 0 Å². The quantitative estimate of drug-likeness (QED) is 0.695. The number of amides is 2. The number of thiophene rings is 1. The van der Waals surface area contributed by atoms with Crippen molar-refractivity contribution in [3.63, 3.8) is 0 Å². The van der Waals surface area contributed by atoms with Gasteiger partial charge in [-0.15, -0.1) is 11.3 Å². The van der Waals surface area contributed by atoms with Crippen LogP contribution >= 0.6 is 11.3 Å². The maximum Gasteiger partial charge on any atom is 0.352 e. The van der Waals surface area contributed by atoms with Crippen molar-refractivity contribution < 1.29 is 24.6 Å². The molecule has 3 unspecified atom stereocenters. The van der Waals surface area contributed by atoms with Crippen molar-refractivity contribution >= 4 is 34.7 Å². The number of carbonyl (C=O) groups is 3. The van der Waals surface area contributed by atoms with E-state index >= 15 is 0 Å². The number of hydrogen-bond donors (Lipinski definition) is 3. The zero-order valence-corrected chi connectivity index (χ0v) is 13.4. The number of nitrogens with one attached hydrogen (secondary N) is 1. The first-order valence-corrected chi connectivity index (χ1v) is 7.98. The maximum atomic E-state index is 12.1. The van der Waals surface area contributed by atoms with Gasteiger partial charge in [0.25, 0.3) is 5.91 Å². The molecule has 3 N–H and O–H groups in total. The van der Waals surface area contributed by atoms with Crippen LogP contribution < -0.4 is 5.32 Å². The Hall–Kier alpha value is -2.19. The van der Waals surface area contributed by atoms with Gasteiger partial charge >= 0.3 is 5.97 Å². The Morgan fingerprint density at radius 1 is 1.43 bits per heavy atom. The first-order valence-electron chi connectivity index (χ1n) is 7.16. The monoisotopic (exact) mass is 336 g/mol. The molecule has 8 heteroatoms. The molecule has 1 aromatic heterocycles. The van der Waals surface area contributed by atoms with E-state index in [9.17, 15) is 24.6 Å². The van der Waals surface area contributed by atoms with Crippen molar-refractivity contribution in [3.8, 4) is 0 Å². The molecule has 0 aromatic carbocycles. The van der Waals surface area contributed by atoms with Gasteiger partial charge in [0.05, 0.1) is 22.9 Å². The summed E-state index contributed by atoms with van der Waals surface area (Å²) < 4.78 is 0. The highest BCUT2D eigenvalue weighted by Crippen LogP contribution is 2.47. The first kappa shape index (κ1) is 15.7. The lowest BCUT2D eigenvalue weighted by Crippen LogP contribution is -2.61. The topological polar surface area (TPSA) is 107 Å². The van der Waals surface area contributed by atoms with Gasteiger partial charge in [-0.2, -0.15) is 0 Å².